The standard InChI is InChI=1S/C12H18N4O/c1-8-5-10(3-4-13-8)16-12(17)11-7-14-9(2)6-15-11/h6-8,10,13H,3-5H2,1-2H3,(H,16,17). The van der Waals surface area contributed by atoms with E-state index in [1.54, 1.807) is 6.20 Å². The summed E-state index contributed by atoms with van der Waals surface area (Å²) in [5.74, 6) is -0.128. The number of aryl methyl sites for hydroxylation is 1. The molecular weight excluding hydrogens is 216 g/mol. The molecule has 1 amide bonds. The lowest BCUT2D eigenvalue weighted by molar-refractivity contribution is 0.0920. The van der Waals surface area contributed by atoms with E-state index >= 15 is 0 Å². The molecule has 5 heteroatoms. The average Bonchev–Trinajstić information content (AvgIpc) is 2.29. The van der Waals surface area contributed by atoms with Gasteiger partial charge in [-0.3, -0.25) is 9.78 Å². The number of rotatable bonds is 2. The first kappa shape index (κ1) is 12.0. The number of aromatic nitrogens is 2. The van der Waals surface area contributed by atoms with Gasteiger partial charge >= 0.3 is 0 Å². The SMILES string of the molecule is Cc1cnc(C(=O)NC2CCNC(C)C2)cn1. The van der Waals surface area contributed by atoms with Crippen LogP contribution in [0.4, 0.5) is 0 Å². The molecule has 1 saturated heterocycles. The summed E-state index contributed by atoms with van der Waals surface area (Å²) >= 11 is 0. The van der Waals surface area contributed by atoms with Gasteiger partial charge in [0.1, 0.15) is 5.69 Å². The highest BCUT2D eigenvalue weighted by atomic mass is 16.1. The summed E-state index contributed by atoms with van der Waals surface area (Å²) < 4.78 is 0. The molecule has 2 N–H and O–H groups in total. The Balaban J connectivity index is 1.94. The lowest BCUT2D eigenvalue weighted by atomic mass is 10.0. The highest BCUT2D eigenvalue weighted by Crippen LogP contribution is 2.08. The van der Waals surface area contributed by atoms with E-state index in [2.05, 4.69) is 27.5 Å². The summed E-state index contributed by atoms with van der Waals surface area (Å²) in [7, 11) is 0. The zero-order chi connectivity index (χ0) is 12.3. The minimum Gasteiger partial charge on any atom is -0.348 e. The van der Waals surface area contributed by atoms with E-state index in [-0.39, 0.29) is 11.9 Å². The number of nitrogens with zero attached hydrogens (tertiary/aromatic N) is 2. The highest BCUT2D eigenvalue weighted by Gasteiger charge is 2.20. The summed E-state index contributed by atoms with van der Waals surface area (Å²) in [4.78, 5) is 20.0. The van der Waals surface area contributed by atoms with Crippen LogP contribution < -0.4 is 10.6 Å². The monoisotopic (exact) mass is 234 g/mol. The molecule has 2 unspecified atom stereocenters. The van der Waals surface area contributed by atoms with Crippen molar-refractivity contribution in [1.29, 1.82) is 0 Å². The third-order valence-corrected chi connectivity index (χ3v) is 2.97. The van der Waals surface area contributed by atoms with Crippen molar-refractivity contribution in [2.45, 2.75) is 38.8 Å². The summed E-state index contributed by atoms with van der Waals surface area (Å²) in [6.07, 6.45) is 5.07. The predicted molar refractivity (Wildman–Crippen MR) is 64.7 cm³/mol. The normalized spacial score (nSPS) is 24.4. The van der Waals surface area contributed by atoms with E-state index < -0.39 is 0 Å². The quantitative estimate of drug-likeness (QED) is 0.788. The third kappa shape index (κ3) is 3.23. The summed E-state index contributed by atoms with van der Waals surface area (Å²) in [5.41, 5.74) is 1.21. The van der Waals surface area contributed by atoms with E-state index in [4.69, 9.17) is 0 Å². The molecule has 1 fully saturated rings. The Hall–Kier alpha value is -1.49. The fourth-order valence-corrected chi connectivity index (χ4v) is 2.03. The second-order valence-electron chi connectivity index (χ2n) is 4.59. The molecule has 5 nitrogen and oxygen atoms in total. The summed E-state index contributed by atoms with van der Waals surface area (Å²) in [6, 6.07) is 0.694. The molecule has 0 aliphatic carbocycles. The third-order valence-electron chi connectivity index (χ3n) is 2.97. The van der Waals surface area contributed by atoms with Crippen LogP contribution in [0.15, 0.2) is 12.4 Å². The molecule has 0 radical (unpaired) electrons. The molecule has 1 aromatic heterocycles. The van der Waals surface area contributed by atoms with Gasteiger partial charge in [-0.15, -0.1) is 0 Å². The van der Waals surface area contributed by atoms with Gasteiger partial charge in [0.05, 0.1) is 11.9 Å². The van der Waals surface area contributed by atoms with Gasteiger partial charge in [-0.1, -0.05) is 0 Å². The molecule has 2 rings (SSSR count). The van der Waals surface area contributed by atoms with Gasteiger partial charge in [-0.2, -0.15) is 0 Å². The second-order valence-corrected chi connectivity index (χ2v) is 4.59. The van der Waals surface area contributed by atoms with Crippen molar-refractivity contribution in [3.63, 3.8) is 0 Å². The Labute approximate surface area is 101 Å². The first-order chi connectivity index (χ1) is 8.15. The van der Waals surface area contributed by atoms with Crippen molar-refractivity contribution >= 4 is 5.91 Å². The Kier molecular flexibility index (Phi) is 3.68. The van der Waals surface area contributed by atoms with Crippen molar-refractivity contribution in [1.82, 2.24) is 20.6 Å². The molecule has 2 atom stereocenters. The number of carbonyl (C=O) groups is 1. The number of nitrogens with one attached hydrogen (secondary N) is 2. The molecule has 0 aromatic carbocycles. The van der Waals surface area contributed by atoms with Crippen molar-refractivity contribution < 1.29 is 4.79 Å². The average molecular weight is 234 g/mol. The van der Waals surface area contributed by atoms with E-state index in [0.717, 1.165) is 25.1 Å². The van der Waals surface area contributed by atoms with E-state index in [9.17, 15) is 4.79 Å². The molecule has 0 bridgehead atoms. The van der Waals surface area contributed by atoms with Crippen LogP contribution in [0.3, 0.4) is 0 Å². The number of carbonyl (C=O) groups excluding carboxylic acids is 1. The van der Waals surface area contributed by atoms with Crippen LogP contribution in [0, 0.1) is 6.92 Å². The van der Waals surface area contributed by atoms with Gasteiger partial charge < -0.3 is 10.6 Å². The maximum Gasteiger partial charge on any atom is 0.271 e. The lowest BCUT2D eigenvalue weighted by Gasteiger charge is -2.28. The Bertz CT molecular complexity index is 390. The van der Waals surface area contributed by atoms with Crippen LogP contribution in [0.5, 0.6) is 0 Å². The first-order valence-electron chi connectivity index (χ1n) is 5.98. The van der Waals surface area contributed by atoms with Crippen molar-refractivity contribution in [2.24, 2.45) is 0 Å². The minimum absolute atomic E-state index is 0.128. The molecular formula is C12H18N4O. The molecule has 1 aliphatic heterocycles. The minimum atomic E-state index is -0.128. The topological polar surface area (TPSA) is 66.9 Å². The van der Waals surface area contributed by atoms with E-state index in [1.165, 1.54) is 6.20 Å². The molecule has 1 aliphatic rings. The maximum absolute atomic E-state index is 11.9. The summed E-state index contributed by atoms with van der Waals surface area (Å²) in [6.45, 7) is 4.93. The van der Waals surface area contributed by atoms with Crippen LogP contribution in [-0.4, -0.2) is 34.5 Å². The highest BCUT2D eigenvalue weighted by molar-refractivity contribution is 5.92. The molecule has 1 aromatic rings. The molecule has 0 saturated carbocycles. The molecule has 0 spiro atoms. The molecule has 17 heavy (non-hydrogen) atoms. The van der Waals surface area contributed by atoms with Gasteiger partial charge in [0.15, 0.2) is 0 Å². The van der Waals surface area contributed by atoms with Crippen LogP contribution in [0.2, 0.25) is 0 Å². The van der Waals surface area contributed by atoms with Crippen LogP contribution >= 0.6 is 0 Å². The fraction of sp³-hybridized carbons (Fsp3) is 0.583. The number of piperidine rings is 1. The largest absolute Gasteiger partial charge is 0.348 e. The zero-order valence-corrected chi connectivity index (χ0v) is 10.2. The van der Waals surface area contributed by atoms with Crippen LogP contribution in [0.25, 0.3) is 0 Å². The van der Waals surface area contributed by atoms with Crippen molar-refractivity contribution in [3.8, 4) is 0 Å². The van der Waals surface area contributed by atoms with Crippen LogP contribution in [0.1, 0.15) is 35.9 Å². The number of hydrogen-bond acceptors (Lipinski definition) is 4. The van der Waals surface area contributed by atoms with Gasteiger partial charge in [0.25, 0.3) is 5.91 Å². The number of hydrogen-bond donors (Lipinski definition) is 2. The Morgan fingerprint density at radius 3 is 2.94 bits per heavy atom. The predicted octanol–water partition coefficient (Wildman–Crippen LogP) is 0.655. The Morgan fingerprint density at radius 1 is 1.47 bits per heavy atom. The lowest BCUT2D eigenvalue weighted by Crippen LogP contribution is -2.46. The maximum atomic E-state index is 11.9. The van der Waals surface area contributed by atoms with E-state index in [0.29, 0.717) is 11.7 Å². The first-order valence-corrected chi connectivity index (χ1v) is 5.98. The van der Waals surface area contributed by atoms with Gasteiger partial charge in [0, 0.05) is 18.3 Å². The number of amides is 1. The molecule has 2 heterocycles. The summed E-state index contributed by atoms with van der Waals surface area (Å²) in [5, 5.41) is 6.36. The van der Waals surface area contributed by atoms with Crippen molar-refractivity contribution in [2.75, 3.05) is 6.54 Å². The second kappa shape index (κ2) is 5.23. The fourth-order valence-electron chi connectivity index (χ4n) is 2.03. The zero-order valence-electron chi connectivity index (χ0n) is 10.2. The van der Waals surface area contributed by atoms with E-state index in [1.807, 2.05) is 6.92 Å². The van der Waals surface area contributed by atoms with Gasteiger partial charge in [0.2, 0.25) is 0 Å². The smallest absolute Gasteiger partial charge is 0.271 e. The Morgan fingerprint density at radius 2 is 2.29 bits per heavy atom. The van der Waals surface area contributed by atoms with Crippen molar-refractivity contribution in [3.05, 3.63) is 23.8 Å². The van der Waals surface area contributed by atoms with Gasteiger partial charge in [-0.25, -0.2) is 4.98 Å². The van der Waals surface area contributed by atoms with Gasteiger partial charge in [-0.05, 0) is 33.2 Å². The van der Waals surface area contributed by atoms with Crippen LogP contribution in [-0.2, 0) is 0 Å². The molecule has 92 valence electrons.